The summed E-state index contributed by atoms with van der Waals surface area (Å²) >= 11 is 3.42. The van der Waals surface area contributed by atoms with Crippen LogP contribution in [-0.2, 0) is 0 Å². The van der Waals surface area contributed by atoms with E-state index in [1.54, 1.807) is 0 Å². The molecule has 90 valence electrons. The van der Waals surface area contributed by atoms with Crippen LogP contribution in [0.5, 0.6) is 0 Å². The molecule has 2 nitrogen and oxygen atoms in total. The maximum absolute atomic E-state index is 9.86. The van der Waals surface area contributed by atoms with Crippen molar-refractivity contribution in [2.45, 2.75) is 45.4 Å². The Bertz CT molecular complexity index is 329. The van der Waals surface area contributed by atoms with Crippen molar-refractivity contribution < 1.29 is 5.11 Å². The fraction of sp³-hybridized carbons (Fsp3) is 0.538. The van der Waals surface area contributed by atoms with E-state index in [0.717, 1.165) is 4.47 Å². The first-order chi connectivity index (χ1) is 7.30. The molecule has 2 N–H and O–H groups in total. The zero-order chi connectivity index (χ0) is 12.3. The average molecular weight is 286 g/mol. The second kappa shape index (κ2) is 5.30. The first-order valence-electron chi connectivity index (χ1n) is 5.54. The van der Waals surface area contributed by atoms with E-state index in [9.17, 15) is 5.11 Å². The van der Waals surface area contributed by atoms with E-state index in [2.05, 4.69) is 40.3 Å². The van der Waals surface area contributed by atoms with E-state index in [0.29, 0.717) is 0 Å². The Balaban J connectivity index is 2.65. The number of rotatable bonds is 4. The van der Waals surface area contributed by atoms with Gasteiger partial charge in [-0.3, -0.25) is 0 Å². The molecule has 1 aromatic carbocycles. The molecule has 0 aliphatic carbocycles. The zero-order valence-corrected chi connectivity index (χ0v) is 11.9. The van der Waals surface area contributed by atoms with Crippen molar-refractivity contribution in [2.75, 3.05) is 0 Å². The standard InChI is InChI=1S/C13H20BrNO/c1-9(15-10(2)13(3,4)16)11-5-7-12(14)8-6-11/h5-10,15-16H,1-4H3/t9-,10?/m0/s1. The van der Waals surface area contributed by atoms with Gasteiger partial charge in [-0.15, -0.1) is 0 Å². The number of nitrogens with one attached hydrogen (secondary N) is 1. The lowest BCUT2D eigenvalue weighted by molar-refractivity contribution is 0.0405. The highest BCUT2D eigenvalue weighted by Gasteiger charge is 2.23. The molecule has 0 aliphatic heterocycles. The Hall–Kier alpha value is -0.380. The van der Waals surface area contributed by atoms with Crippen molar-refractivity contribution >= 4 is 15.9 Å². The number of hydrogen-bond acceptors (Lipinski definition) is 2. The van der Waals surface area contributed by atoms with Gasteiger partial charge in [-0.2, -0.15) is 0 Å². The van der Waals surface area contributed by atoms with Gasteiger partial charge in [-0.1, -0.05) is 28.1 Å². The van der Waals surface area contributed by atoms with Crippen molar-refractivity contribution in [3.05, 3.63) is 34.3 Å². The van der Waals surface area contributed by atoms with E-state index in [1.165, 1.54) is 5.56 Å². The van der Waals surface area contributed by atoms with Gasteiger partial charge in [-0.05, 0) is 45.4 Å². The van der Waals surface area contributed by atoms with Crippen LogP contribution in [0.1, 0.15) is 39.3 Å². The molecule has 3 heteroatoms. The van der Waals surface area contributed by atoms with Gasteiger partial charge in [0.05, 0.1) is 5.60 Å². The fourth-order valence-electron chi connectivity index (χ4n) is 1.43. The molecule has 2 atom stereocenters. The Morgan fingerprint density at radius 3 is 2.12 bits per heavy atom. The lowest BCUT2D eigenvalue weighted by atomic mass is 9.98. The molecule has 0 fully saturated rings. The normalized spacial score (nSPS) is 15.9. The van der Waals surface area contributed by atoms with Gasteiger partial charge in [0, 0.05) is 16.6 Å². The second-order valence-corrected chi connectivity index (χ2v) is 5.73. The van der Waals surface area contributed by atoms with Crippen LogP contribution < -0.4 is 5.32 Å². The van der Waals surface area contributed by atoms with Gasteiger partial charge in [-0.25, -0.2) is 0 Å². The molecule has 16 heavy (non-hydrogen) atoms. The SMILES string of the molecule is CC(N[C@@H](C)c1ccc(Br)cc1)C(C)(C)O. The molecule has 0 radical (unpaired) electrons. The van der Waals surface area contributed by atoms with E-state index >= 15 is 0 Å². The van der Waals surface area contributed by atoms with Crippen molar-refractivity contribution in [3.8, 4) is 0 Å². The van der Waals surface area contributed by atoms with Crippen molar-refractivity contribution in [3.63, 3.8) is 0 Å². The molecular weight excluding hydrogens is 266 g/mol. The number of halogens is 1. The van der Waals surface area contributed by atoms with Crippen molar-refractivity contribution in [1.29, 1.82) is 0 Å². The molecular formula is C13H20BrNO. The summed E-state index contributed by atoms with van der Waals surface area (Å²) in [5.41, 5.74) is 0.517. The van der Waals surface area contributed by atoms with Gasteiger partial charge >= 0.3 is 0 Å². The number of benzene rings is 1. The molecule has 0 aliphatic rings. The van der Waals surface area contributed by atoms with Gasteiger partial charge in [0.2, 0.25) is 0 Å². The summed E-state index contributed by atoms with van der Waals surface area (Å²) in [6.07, 6.45) is 0. The smallest absolute Gasteiger partial charge is 0.0741 e. The summed E-state index contributed by atoms with van der Waals surface area (Å²) in [6.45, 7) is 7.73. The lowest BCUT2D eigenvalue weighted by Crippen LogP contribution is -2.45. The van der Waals surface area contributed by atoms with Crippen molar-refractivity contribution in [2.24, 2.45) is 0 Å². The highest BCUT2D eigenvalue weighted by atomic mass is 79.9. The van der Waals surface area contributed by atoms with Crippen LogP contribution in [0, 0.1) is 0 Å². The Morgan fingerprint density at radius 2 is 1.69 bits per heavy atom. The summed E-state index contributed by atoms with van der Waals surface area (Å²) in [6, 6.07) is 8.50. The van der Waals surface area contributed by atoms with Gasteiger partial charge in [0.25, 0.3) is 0 Å². The summed E-state index contributed by atoms with van der Waals surface area (Å²) in [4.78, 5) is 0. The number of hydrogen-bond donors (Lipinski definition) is 2. The second-order valence-electron chi connectivity index (χ2n) is 4.82. The molecule has 1 rings (SSSR count). The third-order valence-corrected chi connectivity index (χ3v) is 3.46. The van der Waals surface area contributed by atoms with Crippen LogP contribution in [-0.4, -0.2) is 16.7 Å². The zero-order valence-electron chi connectivity index (χ0n) is 10.3. The maximum Gasteiger partial charge on any atom is 0.0741 e. The Morgan fingerprint density at radius 1 is 1.19 bits per heavy atom. The summed E-state index contributed by atoms with van der Waals surface area (Å²) in [7, 11) is 0. The van der Waals surface area contributed by atoms with E-state index in [4.69, 9.17) is 0 Å². The van der Waals surface area contributed by atoms with Gasteiger partial charge < -0.3 is 10.4 Å². The summed E-state index contributed by atoms with van der Waals surface area (Å²) < 4.78 is 1.08. The van der Waals surface area contributed by atoms with E-state index in [1.807, 2.05) is 32.9 Å². The average Bonchev–Trinajstić information content (AvgIpc) is 2.17. The van der Waals surface area contributed by atoms with E-state index < -0.39 is 5.60 Å². The molecule has 0 amide bonds. The third-order valence-electron chi connectivity index (χ3n) is 2.93. The minimum absolute atomic E-state index is 0.0474. The first kappa shape index (κ1) is 13.7. The minimum Gasteiger partial charge on any atom is -0.389 e. The predicted molar refractivity (Wildman–Crippen MR) is 71.5 cm³/mol. The fourth-order valence-corrected chi connectivity index (χ4v) is 1.69. The van der Waals surface area contributed by atoms with Crippen LogP contribution in [0.15, 0.2) is 28.7 Å². The Labute approximate surface area is 106 Å². The third kappa shape index (κ3) is 3.89. The van der Waals surface area contributed by atoms with E-state index in [-0.39, 0.29) is 12.1 Å². The van der Waals surface area contributed by atoms with Crippen LogP contribution >= 0.6 is 15.9 Å². The maximum atomic E-state index is 9.86. The largest absolute Gasteiger partial charge is 0.389 e. The van der Waals surface area contributed by atoms with Crippen LogP contribution in [0.25, 0.3) is 0 Å². The van der Waals surface area contributed by atoms with Crippen molar-refractivity contribution in [1.82, 2.24) is 5.32 Å². The predicted octanol–water partition coefficient (Wildman–Crippen LogP) is 3.26. The molecule has 0 aromatic heterocycles. The number of aliphatic hydroxyl groups is 1. The Kier molecular flexibility index (Phi) is 4.53. The molecule has 1 aromatic rings. The monoisotopic (exact) mass is 285 g/mol. The van der Waals surface area contributed by atoms with Crippen LogP contribution in [0.2, 0.25) is 0 Å². The highest BCUT2D eigenvalue weighted by Crippen LogP contribution is 2.19. The summed E-state index contributed by atoms with van der Waals surface area (Å²) in [5.74, 6) is 0. The topological polar surface area (TPSA) is 32.3 Å². The van der Waals surface area contributed by atoms with Gasteiger partial charge in [0.1, 0.15) is 0 Å². The van der Waals surface area contributed by atoms with Gasteiger partial charge in [0.15, 0.2) is 0 Å². The quantitative estimate of drug-likeness (QED) is 0.890. The summed E-state index contributed by atoms with van der Waals surface area (Å²) in [5, 5.41) is 13.2. The molecule has 0 heterocycles. The molecule has 0 bridgehead atoms. The molecule has 0 saturated heterocycles. The molecule has 1 unspecified atom stereocenters. The lowest BCUT2D eigenvalue weighted by Gasteiger charge is -2.30. The first-order valence-corrected chi connectivity index (χ1v) is 6.34. The molecule has 0 spiro atoms. The molecule has 0 saturated carbocycles. The van der Waals surface area contributed by atoms with Crippen LogP contribution in [0.4, 0.5) is 0 Å². The minimum atomic E-state index is -0.705. The highest BCUT2D eigenvalue weighted by molar-refractivity contribution is 9.10. The van der Waals surface area contributed by atoms with Crippen LogP contribution in [0.3, 0.4) is 0 Å².